The molecular weight excluding hydrogens is 670 g/mol. The number of aliphatic hydroxyl groups is 1. The molecule has 2 aromatic carbocycles. The molecule has 2 aliphatic heterocycles. The highest BCUT2D eigenvalue weighted by molar-refractivity contribution is 6.39. The lowest BCUT2D eigenvalue weighted by Crippen LogP contribution is -2.37. The highest BCUT2D eigenvalue weighted by Crippen LogP contribution is 2.43. The number of amides is 1. The zero-order valence-corrected chi connectivity index (χ0v) is 28.8. The fraction of sp³-hybridized carbons (Fsp3) is 0.361. The Bertz CT molecular complexity index is 1830. The molecule has 0 spiro atoms. The molecule has 4 aromatic rings. The van der Waals surface area contributed by atoms with Gasteiger partial charge in [-0.3, -0.25) is 10.1 Å². The molecule has 0 aliphatic carbocycles. The number of methoxy groups -OCH3 is 2. The van der Waals surface area contributed by atoms with Crippen LogP contribution in [-0.2, 0) is 17.9 Å². The van der Waals surface area contributed by atoms with Crippen LogP contribution in [0.3, 0.4) is 0 Å². The Hall–Kier alpha value is -3.84. The number of halogens is 3. The number of nitrogens with one attached hydrogen (secondary N) is 4. The molecule has 258 valence electrons. The van der Waals surface area contributed by atoms with E-state index in [2.05, 4.69) is 26.3 Å². The van der Waals surface area contributed by atoms with Gasteiger partial charge in [0.2, 0.25) is 17.7 Å². The summed E-state index contributed by atoms with van der Waals surface area (Å²) in [4.78, 5) is 20.9. The summed E-state index contributed by atoms with van der Waals surface area (Å²) in [6, 6.07) is 16.2. The van der Waals surface area contributed by atoms with Crippen molar-refractivity contribution in [3.8, 4) is 45.4 Å². The maximum atomic E-state index is 15.4. The molecule has 2 saturated heterocycles. The van der Waals surface area contributed by atoms with E-state index in [1.807, 2.05) is 36.4 Å². The average Bonchev–Trinajstić information content (AvgIpc) is 3.72. The lowest BCUT2D eigenvalue weighted by Gasteiger charge is -2.17. The van der Waals surface area contributed by atoms with Crippen LogP contribution in [0.5, 0.6) is 11.8 Å². The minimum absolute atomic E-state index is 0.0650. The van der Waals surface area contributed by atoms with Gasteiger partial charge in [-0.25, -0.2) is 14.4 Å². The van der Waals surface area contributed by atoms with Crippen LogP contribution in [0.4, 0.5) is 4.39 Å². The molecule has 2 aromatic heterocycles. The van der Waals surface area contributed by atoms with Gasteiger partial charge >= 0.3 is 0 Å². The van der Waals surface area contributed by atoms with Crippen LogP contribution in [0.2, 0.25) is 10.0 Å². The Morgan fingerprint density at radius 1 is 0.816 bits per heavy atom. The highest BCUT2D eigenvalue weighted by Gasteiger charge is 2.23. The first-order chi connectivity index (χ1) is 23.7. The van der Waals surface area contributed by atoms with Gasteiger partial charge in [0.25, 0.3) is 0 Å². The van der Waals surface area contributed by atoms with Gasteiger partial charge in [-0.15, -0.1) is 0 Å². The van der Waals surface area contributed by atoms with E-state index in [9.17, 15) is 9.90 Å². The van der Waals surface area contributed by atoms with Gasteiger partial charge in [0.1, 0.15) is 12.0 Å². The maximum absolute atomic E-state index is 15.4. The van der Waals surface area contributed by atoms with Crippen LogP contribution in [0.15, 0.2) is 54.6 Å². The lowest BCUT2D eigenvalue weighted by atomic mass is 9.97. The molecule has 13 heteroatoms. The van der Waals surface area contributed by atoms with E-state index < -0.39 is 12.0 Å². The summed E-state index contributed by atoms with van der Waals surface area (Å²) in [6.07, 6.45) is 2.55. The predicted octanol–water partition coefficient (Wildman–Crippen LogP) is 5.47. The monoisotopic (exact) mass is 708 g/mol. The van der Waals surface area contributed by atoms with Gasteiger partial charge in [-0.2, -0.15) is 0 Å². The third-order valence-electron chi connectivity index (χ3n) is 8.89. The second kappa shape index (κ2) is 15.8. The number of ether oxygens (including phenoxy) is 2. The van der Waals surface area contributed by atoms with Crippen molar-refractivity contribution in [2.75, 3.05) is 27.3 Å². The van der Waals surface area contributed by atoms with Crippen molar-refractivity contribution >= 4 is 29.1 Å². The second-order valence-electron chi connectivity index (χ2n) is 12.2. The van der Waals surface area contributed by atoms with Crippen molar-refractivity contribution in [2.45, 2.75) is 57.1 Å². The summed E-state index contributed by atoms with van der Waals surface area (Å²) in [7, 11) is 3.09. The number of nitrogens with zero attached hydrogens (tertiary/aromatic N) is 2. The highest BCUT2D eigenvalue weighted by atomic mass is 35.5. The zero-order chi connectivity index (χ0) is 34.5. The second-order valence-corrected chi connectivity index (χ2v) is 13.0. The SMILES string of the molecule is COc1nc(-c2cccc(-c3ccc(F)c(-c4ccc(CNC[C@@H]5CCC(=O)N5)c(OC)n4)c3Cl)c2Cl)ccc1CNC[C@@H]1CCC(O)N1. The molecule has 0 saturated carbocycles. The van der Waals surface area contributed by atoms with E-state index in [1.54, 1.807) is 19.2 Å². The zero-order valence-electron chi connectivity index (χ0n) is 27.3. The minimum Gasteiger partial charge on any atom is -0.481 e. The van der Waals surface area contributed by atoms with Gasteiger partial charge in [0.05, 0.1) is 41.2 Å². The molecule has 0 radical (unpaired) electrons. The molecule has 1 unspecified atom stereocenters. The summed E-state index contributed by atoms with van der Waals surface area (Å²) in [5.74, 6) is 0.343. The van der Waals surface area contributed by atoms with Gasteiger partial charge in [0.15, 0.2) is 0 Å². The van der Waals surface area contributed by atoms with Crippen LogP contribution in [0.1, 0.15) is 36.8 Å². The fourth-order valence-corrected chi connectivity index (χ4v) is 7.01. The molecule has 0 bridgehead atoms. The van der Waals surface area contributed by atoms with Crippen molar-refractivity contribution in [1.82, 2.24) is 31.2 Å². The molecule has 6 rings (SSSR count). The normalized spacial score (nSPS) is 18.9. The van der Waals surface area contributed by atoms with Crippen molar-refractivity contribution in [3.05, 3.63) is 81.6 Å². The average molecular weight is 710 g/mol. The molecular formula is C36H39Cl2FN6O4. The minimum atomic E-state index is -0.533. The van der Waals surface area contributed by atoms with Gasteiger partial charge < -0.3 is 30.5 Å². The number of benzene rings is 2. The molecule has 4 heterocycles. The lowest BCUT2D eigenvalue weighted by molar-refractivity contribution is -0.119. The predicted molar refractivity (Wildman–Crippen MR) is 188 cm³/mol. The van der Waals surface area contributed by atoms with E-state index in [-0.39, 0.29) is 28.6 Å². The quantitative estimate of drug-likeness (QED) is 0.123. The van der Waals surface area contributed by atoms with Crippen LogP contribution >= 0.6 is 23.2 Å². The van der Waals surface area contributed by atoms with E-state index in [4.69, 9.17) is 37.7 Å². The first-order valence-corrected chi connectivity index (χ1v) is 17.0. The smallest absolute Gasteiger partial charge is 0.220 e. The standard InChI is InChI=1S/C36H39Cl2FN6O4/c1-48-35-20(16-40-18-22-8-14-30(46)42-22)6-12-28(44-35)26-5-3-4-24(33(26)37)25-10-11-27(39)32(34(25)38)29-13-7-21(36(45-29)49-2)17-41-19-23-9-15-31(47)43-23/h3-7,10-13,22-23,30,40-42,46H,8-9,14-19H2,1-2H3,(H,43,47)/t22-,23-,30?/m0/s1. The van der Waals surface area contributed by atoms with Crippen molar-refractivity contribution in [3.63, 3.8) is 0 Å². The summed E-state index contributed by atoms with van der Waals surface area (Å²) in [5.41, 5.74) is 4.53. The Balaban J connectivity index is 1.22. The number of carbonyl (C=O) groups is 1. The van der Waals surface area contributed by atoms with Gasteiger partial charge in [0, 0.05) is 72.5 Å². The van der Waals surface area contributed by atoms with Gasteiger partial charge in [-0.1, -0.05) is 53.5 Å². The maximum Gasteiger partial charge on any atom is 0.220 e. The number of carbonyl (C=O) groups excluding carboxylic acids is 1. The Kier molecular flexibility index (Phi) is 11.3. The third-order valence-corrected chi connectivity index (χ3v) is 9.69. The van der Waals surface area contributed by atoms with Crippen molar-refractivity contribution in [2.24, 2.45) is 0 Å². The van der Waals surface area contributed by atoms with E-state index >= 15 is 4.39 Å². The van der Waals surface area contributed by atoms with Crippen LogP contribution in [-0.4, -0.2) is 66.6 Å². The number of pyridine rings is 2. The Labute approximate surface area is 294 Å². The number of rotatable bonds is 13. The molecule has 3 atom stereocenters. The molecule has 2 fully saturated rings. The van der Waals surface area contributed by atoms with E-state index in [0.717, 1.165) is 30.4 Å². The summed E-state index contributed by atoms with van der Waals surface area (Å²) in [6.45, 7) is 2.33. The topological polar surface area (TPSA) is 130 Å². The Morgan fingerprint density at radius 3 is 2.08 bits per heavy atom. The summed E-state index contributed by atoms with van der Waals surface area (Å²) >= 11 is 14.0. The summed E-state index contributed by atoms with van der Waals surface area (Å²) < 4.78 is 26.6. The van der Waals surface area contributed by atoms with Crippen molar-refractivity contribution < 1.29 is 23.8 Å². The summed E-state index contributed by atoms with van der Waals surface area (Å²) in [5, 5.41) is 23.1. The van der Waals surface area contributed by atoms with Crippen LogP contribution in [0.25, 0.3) is 33.6 Å². The number of aromatic nitrogens is 2. The molecule has 10 nitrogen and oxygen atoms in total. The van der Waals surface area contributed by atoms with Crippen molar-refractivity contribution in [1.29, 1.82) is 0 Å². The van der Waals surface area contributed by atoms with E-state index in [1.165, 1.54) is 13.2 Å². The van der Waals surface area contributed by atoms with E-state index in [0.29, 0.717) is 77.5 Å². The number of aliphatic hydroxyl groups excluding tert-OH is 1. The van der Waals surface area contributed by atoms with Gasteiger partial charge in [-0.05, 0) is 43.5 Å². The molecule has 5 N–H and O–H groups in total. The number of hydrogen-bond donors (Lipinski definition) is 5. The largest absolute Gasteiger partial charge is 0.481 e. The molecule has 49 heavy (non-hydrogen) atoms. The first-order valence-electron chi connectivity index (χ1n) is 16.3. The number of hydrogen-bond acceptors (Lipinski definition) is 9. The molecule has 1 amide bonds. The first kappa shape index (κ1) is 35.0. The Morgan fingerprint density at radius 2 is 1.45 bits per heavy atom. The molecule has 2 aliphatic rings. The fourth-order valence-electron chi connectivity index (χ4n) is 6.33. The third kappa shape index (κ3) is 7.98. The van der Waals surface area contributed by atoms with Crippen LogP contribution in [0, 0.1) is 5.82 Å². The van der Waals surface area contributed by atoms with Crippen LogP contribution < -0.4 is 30.7 Å².